The minimum Gasteiger partial charge on any atom is -0.462 e. The second-order valence-electron chi connectivity index (χ2n) is 3.00. The van der Waals surface area contributed by atoms with Crippen molar-refractivity contribution in [2.45, 2.75) is 19.2 Å². The standard InChI is InChI=1S/C10H9BrClF2NO2/c1-2-17-10(16)7-6(3-12)15-4-5(8(7)11)9(13)14/h4,9H,2-3H2,1H3. The summed E-state index contributed by atoms with van der Waals surface area (Å²) in [6, 6.07) is 0. The fourth-order valence-electron chi connectivity index (χ4n) is 1.20. The first-order chi connectivity index (χ1) is 8.02. The van der Waals surface area contributed by atoms with E-state index >= 15 is 0 Å². The summed E-state index contributed by atoms with van der Waals surface area (Å²) in [4.78, 5) is 15.4. The number of hydrogen-bond acceptors (Lipinski definition) is 3. The summed E-state index contributed by atoms with van der Waals surface area (Å²) < 4.78 is 30.0. The van der Waals surface area contributed by atoms with Crippen molar-refractivity contribution in [1.29, 1.82) is 0 Å². The summed E-state index contributed by atoms with van der Waals surface area (Å²) in [5, 5.41) is 0. The van der Waals surface area contributed by atoms with E-state index < -0.39 is 12.4 Å². The molecule has 0 aliphatic rings. The predicted molar refractivity (Wildman–Crippen MR) is 62.4 cm³/mol. The minimum atomic E-state index is -2.73. The van der Waals surface area contributed by atoms with E-state index in [2.05, 4.69) is 20.9 Å². The number of halogens is 4. The molecule has 0 N–H and O–H groups in total. The van der Waals surface area contributed by atoms with E-state index in [1.54, 1.807) is 6.92 Å². The molecule has 94 valence electrons. The number of alkyl halides is 3. The Kier molecular flexibility index (Phi) is 5.27. The van der Waals surface area contributed by atoms with Gasteiger partial charge in [-0.25, -0.2) is 13.6 Å². The molecule has 0 amide bonds. The number of rotatable bonds is 4. The van der Waals surface area contributed by atoms with Gasteiger partial charge < -0.3 is 4.74 Å². The van der Waals surface area contributed by atoms with Gasteiger partial charge in [-0.2, -0.15) is 0 Å². The average Bonchev–Trinajstić information content (AvgIpc) is 2.27. The van der Waals surface area contributed by atoms with Crippen LogP contribution < -0.4 is 0 Å². The number of nitrogens with zero attached hydrogens (tertiary/aromatic N) is 1. The average molecular weight is 329 g/mol. The first-order valence-electron chi connectivity index (χ1n) is 4.71. The van der Waals surface area contributed by atoms with Crippen LogP contribution in [0.5, 0.6) is 0 Å². The highest BCUT2D eigenvalue weighted by molar-refractivity contribution is 9.10. The van der Waals surface area contributed by atoms with Crippen molar-refractivity contribution in [3.63, 3.8) is 0 Å². The summed E-state index contributed by atoms with van der Waals surface area (Å²) in [7, 11) is 0. The third kappa shape index (κ3) is 3.13. The number of carbonyl (C=O) groups is 1. The van der Waals surface area contributed by atoms with Crippen molar-refractivity contribution in [3.8, 4) is 0 Å². The van der Waals surface area contributed by atoms with Crippen LogP contribution in [0, 0.1) is 0 Å². The third-order valence-electron chi connectivity index (χ3n) is 1.96. The molecule has 0 aliphatic heterocycles. The van der Waals surface area contributed by atoms with Gasteiger partial charge in [-0.3, -0.25) is 4.98 Å². The van der Waals surface area contributed by atoms with Crippen LogP contribution in [0.25, 0.3) is 0 Å². The number of carbonyl (C=O) groups excluding carboxylic acids is 1. The summed E-state index contributed by atoms with van der Waals surface area (Å²) in [6.07, 6.45) is -1.73. The molecular formula is C10H9BrClF2NO2. The Labute approximate surface area is 110 Å². The second kappa shape index (κ2) is 6.26. The molecule has 1 aromatic rings. The SMILES string of the molecule is CCOC(=O)c1c(CCl)ncc(C(F)F)c1Br. The van der Waals surface area contributed by atoms with E-state index in [0.29, 0.717) is 0 Å². The summed E-state index contributed by atoms with van der Waals surface area (Å²) >= 11 is 8.57. The maximum Gasteiger partial charge on any atom is 0.341 e. The Hall–Kier alpha value is -0.750. The topological polar surface area (TPSA) is 39.2 Å². The first kappa shape index (κ1) is 14.3. The Morgan fingerprint density at radius 3 is 2.76 bits per heavy atom. The molecule has 0 saturated heterocycles. The zero-order chi connectivity index (χ0) is 13.0. The van der Waals surface area contributed by atoms with Crippen LogP contribution in [-0.2, 0) is 10.6 Å². The molecule has 0 radical (unpaired) electrons. The maximum absolute atomic E-state index is 12.6. The van der Waals surface area contributed by atoms with Crippen molar-refractivity contribution < 1.29 is 18.3 Å². The Bertz CT molecular complexity index is 429. The van der Waals surface area contributed by atoms with Crippen molar-refractivity contribution in [2.75, 3.05) is 6.61 Å². The quantitative estimate of drug-likeness (QED) is 0.625. The van der Waals surface area contributed by atoms with E-state index in [-0.39, 0.29) is 33.8 Å². The highest BCUT2D eigenvalue weighted by Crippen LogP contribution is 2.31. The highest BCUT2D eigenvalue weighted by Gasteiger charge is 2.23. The number of pyridine rings is 1. The van der Waals surface area contributed by atoms with Gasteiger partial charge in [-0.1, -0.05) is 0 Å². The maximum atomic E-state index is 12.6. The molecule has 0 bridgehead atoms. The molecule has 7 heteroatoms. The lowest BCUT2D eigenvalue weighted by Gasteiger charge is -2.11. The molecule has 0 spiro atoms. The molecule has 1 heterocycles. The van der Waals surface area contributed by atoms with Crippen molar-refractivity contribution in [1.82, 2.24) is 4.98 Å². The summed E-state index contributed by atoms with van der Waals surface area (Å²) in [5.41, 5.74) is -0.192. The fraction of sp³-hybridized carbons (Fsp3) is 0.400. The van der Waals surface area contributed by atoms with Crippen LogP contribution in [0.4, 0.5) is 8.78 Å². The lowest BCUT2D eigenvalue weighted by molar-refractivity contribution is 0.0523. The number of hydrogen-bond donors (Lipinski definition) is 0. The molecule has 0 atom stereocenters. The molecule has 0 fully saturated rings. The molecule has 0 saturated carbocycles. The van der Waals surface area contributed by atoms with Crippen LogP contribution in [0.2, 0.25) is 0 Å². The Balaban J connectivity index is 3.32. The van der Waals surface area contributed by atoms with Gasteiger partial charge in [0.05, 0.1) is 29.3 Å². The van der Waals surface area contributed by atoms with E-state index in [9.17, 15) is 13.6 Å². The second-order valence-corrected chi connectivity index (χ2v) is 4.06. The van der Waals surface area contributed by atoms with Gasteiger partial charge in [0.2, 0.25) is 0 Å². The molecule has 17 heavy (non-hydrogen) atoms. The van der Waals surface area contributed by atoms with Gasteiger partial charge in [0.25, 0.3) is 6.43 Å². The minimum absolute atomic E-state index is 0.0170. The molecule has 1 aromatic heterocycles. The van der Waals surface area contributed by atoms with E-state index in [1.165, 1.54) is 0 Å². The first-order valence-corrected chi connectivity index (χ1v) is 6.04. The zero-order valence-electron chi connectivity index (χ0n) is 8.84. The summed E-state index contributed by atoms with van der Waals surface area (Å²) in [5.74, 6) is -0.777. The van der Waals surface area contributed by atoms with Crippen LogP contribution in [-0.4, -0.2) is 17.6 Å². The van der Waals surface area contributed by atoms with Gasteiger partial charge in [-0.05, 0) is 22.9 Å². The van der Waals surface area contributed by atoms with Crippen LogP contribution in [0.3, 0.4) is 0 Å². The van der Waals surface area contributed by atoms with Gasteiger partial charge in [0.15, 0.2) is 0 Å². The van der Waals surface area contributed by atoms with Crippen molar-refractivity contribution >= 4 is 33.5 Å². The molecule has 0 aliphatic carbocycles. The zero-order valence-corrected chi connectivity index (χ0v) is 11.2. The Morgan fingerprint density at radius 2 is 2.29 bits per heavy atom. The summed E-state index contributed by atoms with van der Waals surface area (Å²) in [6.45, 7) is 1.77. The monoisotopic (exact) mass is 327 g/mol. The molecule has 3 nitrogen and oxygen atoms in total. The molecule has 1 rings (SSSR count). The number of aromatic nitrogens is 1. The lowest BCUT2D eigenvalue weighted by atomic mass is 10.1. The van der Waals surface area contributed by atoms with Gasteiger partial charge in [-0.15, -0.1) is 11.6 Å². The largest absolute Gasteiger partial charge is 0.462 e. The third-order valence-corrected chi connectivity index (χ3v) is 3.07. The molecule has 0 unspecified atom stereocenters. The lowest BCUT2D eigenvalue weighted by Crippen LogP contribution is -2.11. The Morgan fingerprint density at radius 1 is 1.65 bits per heavy atom. The van der Waals surface area contributed by atoms with Crippen LogP contribution in [0.1, 0.15) is 35.0 Å². The molecule has 0 aromatic carbocycles. The van der Waals surface area contributed by atoms with Crippen molar-refractivity contribution in [3.05, 3.63) is 27.5 Å². The number of ether oxygens (including phenoxy) is 1. The van der Waals surface area contributed by atoms with Crippen LogP contribution in [0.15, 0.2) is 10.7 Å². The molecular weight excluding hydrogens is 319 g/mol. The normalized spacial score (nSPS) is 10.7. The van der Waals surface area contributed by atoms with E-state index in [4.69, 9.17) is 16.3 Å². The van der Waals surface area contributed by atoms with Gasteiger partial charge in [0, 0.05) is 10.7 Å². The highest BCUT2D eigenvalue weighted by atomic mass is 79.9. The van der Waals surface area contributed by atoms with Crippen molar-refractivity contribution in [2.24, 2.45) is 0 Å². The van der Waals surface area contributed by atoms with E-state index in [0.717, 1.165) is 6.20 Å². The predicted octanol–water partition coefficient (Wildman–Crippen LogP) is 3.70. The number of esters is 1. The fourth-order valence-corrected chi connectivity index (χ4v) is 2.07. The van der Waals surface area contributed by atoms with Gasteiger partial charge >= 0.3 is 5.97 Å². The van der Waals surface area contributed by atoms with E-state index in [1.807, 2.05) is 0 Å². The smallest absolute Gasteiger partial charge is 0.341 e. The van der Waals surface area contributed by atoms with Crippen LogP contribution >= 0.6 is 27.5 Å². The van der Waals surface area contributed by atoms with Gasteiger partial charge in [0.1, 0.15) is 0 Å².